The van der Waals surface area contributed by atoms with Gasteiger partial charge in [-0.15, -0.1) is 0 Å². The molecule has 1 aliphatic rings. The van der Waals surface area contributed by atoms with E-state index in [0.29, 0.717) is 12.3 Å². The number of carbonyl (C=O) groups is 1. The van der Waals surface area contributed by atoms with Crippen LogP contribution in [0.1, 0.15) is 38.2 Å². The Balaban J connectivity index is 2.38. The third-order valence-electron chi connectivity index (χ3n) is 2.92. The van der Waals surface area contributed by atoms with Gasteiger partial charge in [-0.1, -0.05) is 32.0 Å². The first-order valence-electron chi connectivity index (χ1n) is 5.59. The van der Waals surface area contributed by atoms with Crippen LogP contribution >= 0.6 is 0 Å². The van der Waals surface area contributed by atoms with Gasteiger partial charge in [0.05, 0.1) is 0 Å². The zero-order valence-electron chi connectivity index (χ0n) is 9.36. The molecule has 1 saturated heterocycles. The molecule has 80 valence electrons. The molecule has 0 spiro atoms. The summed E-state index contributed by atoms with van der Waals surface area (Å²) < 4.78 is 0. The Kier molecular flexibility index (Phi) is 2.76. The fourth-order valence-electron chi connectivity index (χ4n) is 2.12. The second-order valence-electron chi connectivity index (χ2n) is 4.36. The van der Waals surface area contributed by atoms with E-state index < -0.39 is 0 Å². The van der Waals surface area contributed by atoms with Crippen molar-refractivity contribution in [3.63, 3.8) is 0 Å². The van der Waals surface area contributed by atoms with E-state index in [2.05, 4.69) is 26.0 Å². The summed E-state index contributed by atoms with van der Waals surface area (Å²) in [5.74, 6) is 0.734. The van der Waals surface area contributed by atoms with E-state index in [4.69, 9.17) is 0 Å². The summed E-state index contributed by atoms with van der Waals surface area (Å²) in [6.07, 6.45) is 1.69. The molecule has 0 N–H and O–H groups in total. The van der Waals surface area contributed by atoms with Crippen LogP contribution in [-0.4, -0.2) is 12.5 Å². The van der Waals surface area contributed by atoms with E-state index in [-0.39, 0.29) is 5.91 Å². The van der Waals surface area contributed by atoms with Gasteiger partial charge in [-0.25, -0.2) is 0 Å². The molecule has 0 radical (unpaired) electrons. The second-order valence-corrected chi connectivity index (χ2v) is 4.36. The third-order valence-corrected chi connectivity index (χ3v) is 2.92. The van der Waals surface area contributed by atoms with Crippen LogP contribution in [0.25, 0.3) is 0 Å². The Morgan fingerprint density at radius 1 is 1.27 bits per heavy atom. The van der Waals surface area contributed by atoms with Gasteiger partial charge in [0.2, 0.25) is 5.91 Å². The molecular formula is C13H17NO. The SMILES string of the molecule is CC(C)c1ccccc1N1CCCC1=O. The normalized spacial score (nSPS) is 16.5. The number of hydrogen-bond acceptors (Lipinski definition) is 1. The lowest BCUT2D eigenvalue weighted by Gasteiger charge is -2.21. The van der Waals surface area contributed by atoms with Crippen LogP contribution in [0.3, 0.4) is 0 Å². The van der Waals surface area contributed by atoms with Gasteiger partial charge in [0.25, 0.3) is 0 Å². The van der Waals surface area contributed by atoms with Crippen LogP contribution in [0.4, 0.5) is 5.69 Å². The first-order valence-corrected chi connectivity index (χ1v) is 5.59. The fraction of sp³-hybridized carbons (Fsp3) is 0.462. The molecule has 2 heteroatoms. The smallest absolute Gasteiger partial charge is 0.227 e. The van der Waals surface area contributed by atoms with Gasteiger partial charge in [0, 0.05) is 18.7 Å². The zero-order valence-corrected chi connectivity index (χ0v) is 9.36. The van der Waals surface area contributed by atoms with E-state index in [0.717, 1.165) is 18.7 Å². The lowest BCUT2D eigenvalue weighted by atomic mass is 10.0. The molecular weight excluding hydrogens is 186 g/mol. The van der Waals surface area contributed by atoms with Crippen molar-refractivity contribution in [1.82, 2.24) is 0 Å². The van der Waals surface area contributed by atoms with Gasteiger partial charge in [-0.05, 0) is 24.0 Å². The average molecular weight is 203 g/mol. The summed E-state index contributed by atoms with van der Waals surface area (Å²) in [7, 11) is 0. The van der Waals surface area contributed by atoms with Gasteiger partial charge in [0.1, 0.15) is 0 Å². The second kappa shape index (κ2) is 4.05. The van der Waals surface area contributed by atoms with Gasteiger partial charge in [-0.2, -0.15) is 0 Å². The number of rotatable bonds is 2. The predicted octanol–water partition coefficient (Wildman–Crippen LogP) is 2.94. The quantitative estimate of drug-likeness (QED) is 0.723. The Morgan fingerprint density at radius 3 is 2.60 bits per heavy atom. The van der Waals surface area contributed by atoms with Crippen molar-refractivity contribution in [2.45, 2.75) is 32.6 Å². The number of hydrogen-bond donors (Lipinski definition) is 0. The molecule has 0 aromatic heterocycles. The molecule has 1 heterocycles. The van der Waals surface area contributed by atoms with Crippen molar-refractivity contribution in [2.24, 2.45) is 0 Å². The number of amides is 1. The standard InChI is InChI=1S/C13H17NO/c1-10(2)11-6-3-4-7-12(11)14-9-5-8-13(14)15/h3-4,6-7,10H,5,8-9H2,1-2H3. The molecule has 1 aliphatic heterocycles. The largest absolute Gasteiger partial charge is 0.312 e. The lowest BCUT2D eigenvalue weighted by molar-refractivity contribution is -0.117. The maximum Gasteiger partial charge on any atom is 0.227 e. The van der Waals surface area contributed by atoms with Crippen LogP contribution in [0.15, 0.2) is 24.3 Å². The van der Waals surface area contributed by atoms with Gasteiger partial charge in [-0.3, -0.25) is 4.79 Å². The van der Waals surface area contributed by atoms with Crippen LogP contribution in [0, 0.1) is 0 Å². The molecule has 0 unspecified atom stereocenters. The van der Waals surface area contributed by atoms with Crippen LogP contribution in [0.2, 0.25) is 0 Å². The highest BCUT2D eigenvalue weighted by molar-refractivity contribution is 5.96. The number of benzene rings is 1. The minimum absolute atomic E-state index is 0.267. The number of para-hydroxylation sites is 1. The van der Waals surface area contributed by atoms with Crippen molar-refractivity contribution < 1.29 is 4.79 Å². The molecule has 0 atom stereocenters. The summed E-state index contributed by atoms with van der Waals surface area (Å²) in [6.45, 7) is 5.21. The number of nitrogens with zero attached hydrogens (tertiary/aromatic N) is 1. The number of carbonyl (C=O) groups excluding carboxylic acids is 1. The molecule has 1 aromatic rings. The van der Waals surface area contributed by atoms with Gasteiger partial charge in [0.15, 0.2) is 0 Å². The van der Waals surface area contributed by atoms with E-state index in [1.54, 1.807) is 0 Å². The first kappa shape index (κ1) is 10.2. The average Bonchev–Trinajstić information content (AvgIpc) is 2.64. The van der Waals surface area contributed by atoms with Gasteiger partial charge >= 0.3 is 0 Å². The Labute approximate surface area is 90.9 Å². The highest BCUT2D eigenvalue weighted by Crippen LogP contribution is 2.30. The Morgan fingerprint density at radius 2 is 2.00 bits per heavy atom. The molecule has 0 saturated carbocycles. The molecule has 0 aliphatic carbocycles. The highest BCUT2D eigenvalue weighted by atomic mass is 16.2. The Bertz CT molecular complexity index is 371. The summed E-state index contributed by atoms with van der Waals surface area (Å²) in [5.41, 5.74) is 2.38. The molecule has 1 amide bonds. The topological polar surface area (TPSA) is 20.3 Å². The lowest BCUT2D eigenvalue weighted by Crippen LogP contribution is -2.25. The molecule has 2 nitrogen and oxygen atoms in total. The van der Waals surface area contributed by atoms with Crippen molar-refractivity contribution >= 4 is 11.6 Å². The van der Waals surface area contributed by atoms with Crippen LogP contribution in [-0.2, 0) is 4.79 Å². The summed E-state index contributed by atoms with van der Waals surface area (Å²) >= 11 is 0. The maximum atomic E-state index is 11.7. The highest BCUT2D eigenvalue weighted by Gasteiger charge is 2.23. The minimum atomic E-state index is 0.267. The van der Waals surface area contributed by atoms with Crippen molar-refractivity contribution in [3.05, 3.63) is 29.8 Å². The van der Waals surface area contributed by atoms with E-state index in [1.807, 2.05) is 17.0 Å². The van der Waals surface area contributed by atoms with Crippen LogP contribution in [0.5, 0.6) is 0 Å². The predicted molar refractivity (Wildman–Crippen MR) is 62.1 cm³/mol. The third kappa shape index (κ3) is 1.89. The Hall–Kier alpha value is -1.31. The first-order chi connectivity index (χ1) is 7.20. The summed E-state index contributed by atoms with van der Waals surface area (Å²) in [5, 5.41) is 0. The summed E-state index contributed by atoms with van der Waals surface area (Å²) in [4.78, 5) is 13.6. The maximum absolute atomic E-state index is 11.7. The molecule has 15 heavy (non-hydrogen) atoms. The van der Waals surface area contributed by atoms with Crippen molar-refractivity contribution in [1.29, 1.82) is 0 Å². The van der Waals surface area contributed by atoms with Crippen molar-refractivity contribution in [2.75, 3.05) is 11.4 Å². The van der Waals surface area contributed by atoms with Crippen molar-refractivity contribution in [3.8, 4) is 0 Å². The summed E-state index contributed by atoms with van der Waals surface area (Å²) in [6, 6.07) is 8.22. The van der Waals surface area contributed by atoms with E-state index >= 15 is 0 Å². The molecule has 1 aromatic carbocycles. The van der Waals surface area contributed by atoms with E-state index in [1.165, 1.54) is 5.56 Å². The molecule has 2 rings (SSSR count). The minimum Gasteiger partial charge on any atom is -0.312 e. The molecule has 1 fully saturated rings. The monoisotopic (exact) mass is 203 g/mol. The van der Waals surface area contributed by atoms with Crippen LogP contribution < -0.4 is 4.90 Å². The van der Waals surface area contributed by atoms with E-state index in [9.17, 15) is 4.79 Å². The molecule has 0 bridgehead atoms. The zero-order chi connectivity index (χ0) is 10.8. The fourth-order valence-corrected chi connectivity index (χ4v) is 2.12. The number of anilines is 1. The van der Waals surface area contributed by atoms with Gasteiger partial charge < -0.3 is 4.90 Å².